The summed E-state index contributed by atoms with van der Waals surface area (Å²) < 4.78 is 8.87. The van der Waals surface area contributed by atoms with Gasteiger partial charge in [-0.25, -0.2) is 0 Å². The molecule has 0 aliphatic carbocycles. The van der Waals surface area contributed by atoms with Crippen LogP contribution in [0, 0.1) is 0 Å². The summed E-state index contributed by atoms with van der Waals surface area (Å²) in [6.45, 7) is 2.30. The molecule has 0 spiro atoms. The molecule has 1 unspecified atom stereocenters. The van der Waals surface area contributed by atoms with E-state index in [2.05, 4.69) is 37.4 Å². The maximum atomic E-state index is 4.48. The third-order valence-electron chi connectivity index (χ3n) is 3.04. The van der Waals surface area contributed by atoms with E-state index in [1.807, 2.05) is 6.07 Å². The first-order valence-corrected chi connectivity index (χ1v) is 7.02. The molecule has 4 nitrogen and oxygen atoms in total. The second-order valence-corrected chi connectivity index (χ2v) is 5.44. The molecule has 0 saturated carbocycles. The van der Waals surface area contributed by atoms with Crippen LogP contribution in [-0.4, -0.2) is 54.0 Å². The molecule has 2 aromatic rings. The van der Waals surface area contributed by atoms with E-state index >= 15 is 0 Å². The fourth-order valence-electron chi connectivity index (χ4n) is 2.20. The number of benzene rings is 1. The zero-order chi connectivity index (χ0) is 11.0. The van der Waals surface area contributed by atoms with Gasteiger partial charge in [0.05, 0.1) is 0 Å². The van der Waals surface area contributed by atoms with E-state index in [-0.39, 0.29) is 15.0 Å². The summed E-state index contributed by atoms with van der Waals surface area (Å²) in [7, 11) is 2.17. The predicted octanol–water partition coefficient (Wildman–Crippen LogP) is 0.803. The van der Waals surface area contributed by atoms with Crippen molar-refractivity contribution in [3.05, 3.63) is 18.2 Å². The van der Waals surface area contributed by atoms with Crippen LogP contribution in [0.1, 0.15) is 6.42 Å². The van der Waals surface area contributed by atoms with Gasteiger partial charge in [-0.1, -0.05) is 0 Å². The van der Waals surface area contributed by atoms with Gasteiger partial charge in [-0.3, -0.25) is 0 Å². The number of likely N-dealkylation sites (N-methyl/N-ethyl adjacent to an activating group) is 1. The van der Waals surface area contributed by atoms with Crippen LogP contribution in [0.5, 0.6) is 0 Å². The number of aromatic nitrogens is 2. The molecule has 0 bridgehead atoms. The second kappa shape index (κ2) is 4.17. The Bertz CT molecular complexity index is 495. The van der Waals surface area contributed by atoms with E-state index in [9.17, 15) is 0 Å². The number of likely N-dealkylation sites (tertiary alicyclic amines) is 1. The Balaban J connectivity index is 1.86. The summed E-state index contributed by atoms with van der Waals surface area (Å²) in [5, 5.41) is 3.59. The van der Waals surface area contributed by atoms with E-state index in [1.165, 1.54) is 13.0 Å². The van der Waals surface area contributed by atoms with Gasteiger partial charge in [0, 0.05) is 0 Å². The summed E-state index contributed by atoms with van der Waals surface area (Å²) in [4.78, 5) is 2.35. The standard InChI is InChI=1S/C11H14N4Se/c1-15-6-5-8(7-15)12-9-3-2-4-10-11(9)14-16-13-10/h2-4,8,12H,5-7H2,1H3. The van der Waals surface area contributed by atoms with Crippen molar-refractivity contribution in [3.8, 4) is 0 Å². The van der Waals surface area contributed by atoms with Crippen molar-refractivity contribution in [3.63, 3.8) is 0 Å². The summed E-state index contributed by atoms with van der Waals surface area (Å²) in [6.07, 6.45) is 1.21. The van der Waals surface area contributed by atoms with Crippen LogP contribution in [0.3, 0.4) is 0 Å². The van der Waals surface area contributed by atoms with Gasteiger partial charge in [-0.2, -0.15) is 0 Å². The van der Waals surface area contributed by atoms with Crippen LogP contribution in [0.2, 0.25) is 0 Å². The Morgan fingerprint density at radius 1 is 1.44 bits per heavy atom. The third kappa shape index (κ3) is 1.86. The van der Waals surface area contributed by atoms with Crippen LogP contribution in [0.15, 0.2) is 18.2 Å². The summed E-state index contributed by atoms with van der Waals surface area (Å²) >= 11 is 0.0621. The Kier molecular flexibility index (Phi) is 2.67. The van der Waals surface area contributed by atoms with Crippen molar-refractivity contribution < 1.29 is 0 Å². The Morgan fingerprint density at radius 2 is 2.38 bits per heavy atom. The summed E-state index contributed by atoms with van der Waals surface area (Å²) in [5.41, 5.74) is 3.27. The third-order valence-corrected chi connectivity index (χ3v) is 4.18. The quantitative estimate of drug-likeness (QED) is 0.827. The van der Waals surface area contributed by atoms with E-state index in [1.54, 1.807) is 0 Å². The fourth-order valence-corrected chi connectivity index (χ4v) is 3.35. The molecule has 5 heteroatoms. The van der Waals surface area contributed by atoms with Gasteiger partial charge < -0.3 is 0 Å². The Hall–Kier alpha value is -0.901. The molecule has 1 fully saturated rings. The Labute approximate surface area is 101 Å². The van der Waals surface area contributed by atoms with Gasteiger partial charge in [0.15, 0.2) is 0 Å². The molecular weight excluding hydrogens is 267 g/mol. The zero-order valence-electron chi connectivity index (χ0n) is 9.18. The first-order chi connectivity index (χ1) is 7.83. The van der Waals surface area contributed by atoms with Gasteiger partial charge in [-0.05, 0) is 0 Å². The van der Waals surface area contributed by atoms with Gasteiger partial charge in [0.2, 0.25) is 0 Å². The van der Waals surface area contributed by atoms with Crippen molar-refractivity contribution >= 4 is 31.7 Å². The van der Waals surface area contributed by atoms with Crippen molar-refractivity contribution in [1.29, 1.82) is 0 Å². The van der Waals surface area contributed by atoms with Crippen LogP contribution in [-0.2, 0) is 0 Å². The normalized spacial score (nSPS) is 21.7. The monoisotopic (exact) mass is 282 g/mol. The van der Waals surface area contributed by atoms with Gasteiger partial charge in [0.25, 0.3) is 0 Å². The number of rotatable bonds is 2. The zero-order valence-corrected chi connectivity index (χ0v) is 10.9. The van der Waals surface area contributed by atoms with Crippen LogP contribution in [0.4, 0.5) is 5.69 Å². The maximum absolute atomic E-state index is 4.48. The number of hydrogen-bond donors (Lipinski definition) is 1. The number of fused-ring (bicyclic) bond motifs is 1. The van der Waals surface area contributed by atoms with Crippen molar-refractivity contribution in [2.24, 2.45) is 0 Å². The molecule has 3 rings (SSSR count). The van der Waals surface area contributed by atoms with Crippen molar-refractivity contribution in [2.45, 2.75) is 12.5 Å². The fraction of sp³-hybridized carbons (Fsp3) is 0.455. The second-order valence-electron chi connectivity index (χ2n) is 4.33. The molecule has 16 heavy (non-hydrogen) atoms. The van der Waals surface area contributed by atoms with E-state index in [0.29, 0.717) is 6.04 Å². The Morgan fingerprint density at radius 3 is 3.19 bits per heavy atom. The van der Waals surface area contributed by atoms with Crippen molar-refractivity contribution in [1.82, 2.24) is 12.9 Å². The van der Waals surface area contributed by atoms with Crippen LogP contribution >= 0.6 is 0 Å². The SMILES string of the molecule is CN1CCC(Nc2cccc3n[se]nc23)C1. The molecule has 0 amide bonds. The first kappa shape index (κ1) is 10.3. The number of hydrogen-bond acceptors (Lipinski definition) is 4. The average molecular weight is 281 g/mol. The van der Waals surface area contributed by atoms with Crippen molar-refractivity contribution in [2.75, 3.05) is 25.5 Å². The van der Waals surface area contributed by atoms with E-state index in [4.69, 9.17) is 0 Å². The molecule has 1 aliphatic rings. The average Bonchev–Trinajstić information content (AvgIpc) is 2.87. The molecule has 1 aromatic carbocycles. The number of nitrogens with zero attached hydrogens (tertiary/aromatic N) is 3. The molecule has 84 valence electrons. The predicted molar refractivity (Wildman–Crippen MR) is 66.0 cm³/mol. The van der Waals surface area contributed by atoms with Gasteiger partial charge in [0.1, 0.15) is 0 Å². The molecule has 1 aromatic heterocycles. The topological polar surface area (TPSA) is 41.0 Å². The number of nitrogens with one attached hydrogen (secondary N) is 1. The number of anilines is 1. The van der Waals surface area contributed by atoms with Crippen LogP contribution in [0.25, 0.3) is 11.0 Å². The molecule has 1 saturated heterocycles. The molecule has 2 heterocycles. The van der Waals surface area contributed by atoms with Gasteiger partial charge >= 0.3 is 101 Å². The molecule has 1 aliphatic heterocycles. The minimum absolute atomic E-state index is 0.0621. The van der Waals surface area contributed by atoms with Gasteiger partial charge in [-0.15, -0.1) is 0 Å². The molecule has 0 radical (unpaired) electrons. The van der Waals surface area contributed by atoms with E-state index < -0.39 is 0 Å². The summed E-state index contributed by atoms with van der Waals surface area (Å²) in [5.74, 6) is 0. The molecule has 1 N–H and O–H groups in total. The minimum atomic E-state index is 0.0621. The van der Waals surface area contributed by atoms with E-state index in [0.717, 1.165) is 23.3 Å². The van der Waals surface area contributed by atoms with Crippen LogP contribution < -0.4 is 5.32 Å². The molecular formula is C11H14N4Se. The summed E-state index contributed by atoms with van der Waals surface area (Å²) in [6, 6.07) is 6.76. The first-order valence-electron chi connectivity index (χ1n) is 5.49. The molecule has 1 atom stereocenters.